The van der Waals surface area contributed by atoms with Crippen LogP contribution < -0.4 is 16.2 Å². The summed E-state index contributed by atoms with van der Waals surface area (Å²) in [6, 6.07) is 21.4. The Morgan fingerprint density at radius 3 is 1.82 bits per heavy atom. The Bertz CT molecular complexity index is 903. The van der Waals surface area contributed by atoms with Gasteiger partial charge >= 0.3 is 5.91 Å². The van der Waals surface area contributed by atoms with Gasteiger partial charge in [0.1, 0.15) is 0 Å². The number of nitrogens with one attached hydrogen (secondary N) is 3. The topological polar surface area (TPSA) is 78.9 Å². The number of aromatic nitrogens is 2. The van der Waals surface area contributed by atoms with Gasteiger partial charge in [0.2, 0.25) is 5.82 Å². The summed E-state index contributed by atoms with van der Waals surface area (Å²) in [7, 11) is 0. The zero-order chi connectivity index (χ0) is 19.9. The van der Waals surface area contributed by atoms with Gasteiger partial charge in [-0.15, -0.1) is 0 Å². The third-order valence-corrected chi connectivity index (χ3v) is 4.00. The van der Waals surface area contributed by atoms with Gasteiger partial charge in [0, 0.05) is 17.2 Å². The quantitative estimate of drug-likeness (QED) is 0.468. The Labute approximate surface area is 169 Å². The first-order valence-corrected chi connectivity index (χ1v) is 9.30. The van der Waals surface area contributed by atoms with E-state index in [4.69, 9.17) is 12.2 Å². The minimum Gasteiger partial charge on any atom is -0.359 e. The average molecular weight is 392 g/mol. The number of carbonyl (C=O) groups is 1. The lowest BCUT2D eigenvalue weighted by molar-refractivity contribution is 0.0933. The number of hydrazine groups is 1. The summed E-state index contributed by atoms with van der Waals surface area (Å²) in [5.41, 5.74) is 8.36. The molecule has 7 heteroatoms. The third-order valence-electron chi connectivity index (χ3n) is 3.78. The van der Waals surface area contributed by atoms with E-state index in [-0.39, 0.29) is 11.9 Å². The molecule has 1 heterocycles. The molecule has 28 heavy (non-hydrogen) atoms. The Kier molecular flexibility index (Phi) is 6.29. The van der Waals surface area contributed by atoms with E-state index in [9.17, 15) is 4.79 Å². The molecule has 0 saturated carbocycles. The van der Waals surface area contributed by atoms with Crippen LogP contribution in [0.1, 0.15) is 24.5 Å². The first-order chi connectivity index (χ1) is 13.5. The van der Waals surface area contributed by atoms with Gasteiger partial charge in [0.25, 0.3) is 0 Å². The summed E-state index contributed by atoms with van der Waals surface area (Å²) >= 11 is 5.13. The molecule has 6 nitrogen and oxygen atoms in total. The molecule has 0 bridgehead atoms. The van der Waals surface area contributed by atoms with Crippen molar-refractivity contribution in [3.63, 3.8) is 0 Å². The van der Waals surface area contributed by atoms with E-state index in [0.717, 1.165) is 11.1 Å². The monoisotopic (exact) mass is 391 g/mol. The van der Waals surface area contributed by atoms with E-state index in [1.165, 1.54) is 0 Å². The second-order valence-corrected chi connectivity index (χ2v) is 6.81. The van der Waals surface area contributed by atoms with Gasteiger partial charge in [-0.05, 0) is 32.1 Å². The molecule has 1 aromatic heterocycles. The fourth-order valence-electron chi connectivity index (χ4n) is 2.53. The molecular weight excluding hydrogens is 370 g/mol. The van der Waals surface area contributed by atoms with Crippen molar-refractivity contribution in [1.82, 2.24) is 26.1 Å². The van der Waals surface area contributed by atoms with Crippen molar-refractivity contribution in [1.29, 1.82) is 0 Å². The fourth-order valence-corrected chi connectivity index (χ4v) is 2.82. The van der Waals surface area contributed by atoms with Gasteiger partial charge in [-0.3, -0.25) is 15.6 Å². The lowest BCUT2D eigenvalue weighted by Gasteiger charge is -2.14. The van der Waals surface area contributed by atoms with Crippen molar-refractivity contribution in [3.05, 3.63) is 72.6 Å². The first kappa shape index (κ1) is 19.4. The van der Waals surface area contributed by atoms with E-state index in [1.54, 1.807) is 0 Å². The van der Waals surface area contributed by atoms with E-state index in [0.29, 0.717) is 16.5 Å². The number of thiocarbonyl (C=S) groups is 1. The molecule has 0 fully saturated rings. The normalized spacial score (nSPS) is 10.4. The molecule has 0 unspecified atom stereocenters. The van der Waals surface area contributed by atoms with E-state index in [2.05, 4.69) is 26.1 Å². The predicted molar refractivity (Wildman–Crippen MR) is 114 cm³/mol. The van der Waals surface area contributed by atoms with Gasteiger partial charge in [-0.25, -0.2) is 9.97 Å². The molecule has 142 valence electrons. The van der Waals surface area contributed by atoms with Gasteiger partial charge in [-0.1, -0.05) is 60.7 Å². The molecular formula is C21H21N5OS. The maximum atomic E-state index is 12.6. The Balaban J connectivity index is 1.91. The predicted octanol–water partition coefficient (Wildman–Crippen LogP) is 3.33. The number of nitrogens with zero attached hydrogens (tertiary/aromatic N) is 2. The highest BCUT2D eigenvalue weighted by atomic mass is 32.1. The number of carbonyl (C=O) groups excluding carboxylic acids is 1. The van der Waals surface area contributed by atoms with Crippen molar-refractivity contribution >= 4 is 23.2 Å². The van der Waals surface area contributed by atoms with Crippen LogP contribution in [0.15, 0.2) is 66.7 Å². The number of hydrogen-bond acceptors (Lipinski definition) is 4. The van der Waals surface area contributed by atoms with Gasteiger partial charge in [0.15, 0.2) is 5.11 Å². The minimum atomic E-state index is -0.470. The Morgan fingerprint density at radius 1 is 0.857 bits per heavy atom. The molecule has 0 aliphatic carbocycles. The van der Waals surface area contributed by atoms with Crippen LogP contribution in [0.4, 0.5) is 0 Å². The zero-order valence-corrected chi connectivity index (χ0v) is 16.5. The summed E-state index contributed by atoms with van der Waals surface area (Å²) in [6.07, 6.45) is 0. The minimum absolute atomic E-state index is 0.0556. The van der Waals surface area contributed by atoms with Crippen LogP contribution in [0.2, 0.25) is 0 Å². The molecule has 3 aromatic rings. The highest BCUT2D eigenvalue weighted by Crippen LogP contribution is 2.23. The van der Waals surface area contributed by atoms with Crippen LogP contribution in [0, 0.1) is 0 Å². The zero-order valence-electron chi connectivity index (χ0n) is 15.6. The second kappa shape index (κ2) is 9.05. The number of rotatable bonds is 4. The van der Waals surface area contributed by atoms with Crippen LogP contribution in [0.25, 0.3) is 22.5 Å². The van der Waals surface area contributed by atoms with Gasteiger partial charge < -0.3 is 5.32 Å². The number of hydrogen-bond donors (Lipinski definition) is 3. The number of benzene rings is 2. The van der Waals surface area contributed by atoms with Crippen molar-refractivity contribution in [2.24, 2.45) is 0 Å². The SMILES string of the molecule is CC(C)NC(=S)NNC(=O)c1nc(-c2ccccc2)cc(-c2ccccc2)n1. The van der Waals surface area contributed by atoms with Gasteiger partial charge in [-0.2, -0.15) is 0 Å². The largest absolute Gasteiger partial charge is 0.359 e. The van der Waals surface area contributed by atoms with E-state index < -0.39 is 5.91 Å². The summed E-state index contributed by atoms with van der Waals surface area (Å²) in [6.45, 7) is 3.91. The lowest BCUT2D eigenvalue weighted by Crippen LogP contribution is -2.48. The standard InChI is InChI=1S/C21H21N5OS/c1-14(2)22-21(28)26-25-20(27)19-23-17(15-9-5-3-6-10-15)13-18(24-19)16-11-7-4-8-12-16/h3-14H,1-2H3,(H,25,27)(H2,22,26,28). The number of amides is 1. The smallest absolute Gasteiger partial charge is 0.307 e. The molecule has 1 amide bonds. The summed E-state index contributed by atoms with van der Waals surface area (Å²) < 4.78 is 0. The first-order valence-electron chi connectivity index (χ1n) is 8.89. The van der Waals surface area contributed by atoms with Crippen LogP contribution in [-0.4, -0.2) is 27.0 Å². The highest BCUT2D eigenvalue weighted by molar-refractivity contribution is 7.80. The summed E-state index contributed by atoms with van der Waals surface area (Å²) in [4.78, 5) is 21.5. The molecule has 2 aromatic carbocycles. The Hall–Kier alpha value is -3.32. The molecule has 0 spiro atoms. The average Bonchev–Trinajstić information content (AvgIpc) is 2.72. The molecule has 0 atom stereocenters. The van der Waals surface area contributed by atoms with Crippen molar-refractivity contribution < 1.29 is 4.79 Å². The third kappa shape index (κ3) is 5.11. The fraction of sp³-hybridized carbons (Fsp3) is 0.143. The van der Waals surface area contributed by atoms with E-state index in [1.807, 2.05) is 80.6 Å². The molecule has 3 N–H and O–H groups in total. The van der Waals surface area contributed by atoms with Crippen molar-refractivity contribution in [2.75, 3.05) is 0 Å². The summed E-state index contributed by atoms with van der Waals surface area (Å²) in [5.74, 6) is -0.414. The maximum absolute atomic E-state index is 12.6. The maximum Gasteiger partial charge on any atom is 0.307 e. The second-order valence-electron chi connectivity index (χ2n) is 6.40. The Morgan fingerprint density at radius 2 is 1.36 bits per heavy atom. The summed E-state index contributed by atoms with van der Waals surface area (Å²) in [5, 5.41) is 3.31. The molecule has 0 aliphatic rings. The van der Waals surface area contributed by atoms with Crippen LogP contribution in [0.5, 0.6) is 0 Å². The molecule has 0 saturated heterocycles. The van der Waals surface area contributed by atoms with Crippen LogP contribution >= 0.6 is 12.2 Å². The van der Waals surface area contributed by atoms with E-state index >= 15 is 0 Å². The highest BCUT2D eigenvalue weighted by Gasteiger charge is 2.15. The van der Waals surface area contributed by atoms with Crippen molar-refractivity contribution in [2.45, 2.75) is 19.9 Å². The van der Waals surface area contributed by atoms with Crippen molar-refractivity contribution in [3.8, 4) is 22.5 Å². The molecule has 0 aliphatic heterocycles. The van der Waals surface area contributed by atoms with Crippen LogP contribution in [-0.2, 0) is 0 Å². The lowest BCUT2D eigenvalue weighted by atomic mass is 10.1. The van der Waals surface area contributed by atoms with Crippen LogP contribution in [0.3, 0.4) is 0 Å². The molecule has 0 radical (unpaired) electrons. The molecule has 3 rings (SSSR count). The van der Waals surface area contributed by atoms with Gasteiger partial charge in [0.05, 0.1) is 11.4 Å².